The van der Waals surface area contributed by atoms with Gasteiger partial charge in [0, 0.05) is 41.0 Å². The van der Waals surface area contributed by atoms with E-state index < -0.39 is 12.0 Å². The number of aliphatic carboxylic acids is 1. The van der Waals surface area contributed by atoms with E-state index in [1.54, 1.807) is 0 Å². The summed E-state index contributed by atoms with van der Waals surface area (Å²) in [6, 6.07) is 16.3. The number of rotatable bonds is 7. The maximum absolute atomic E-state index is 12.2. The molecule has 134 valence electrons. The molecule has 1 heterocycles. The fourth-order valence-electron chi connectivity index (χ4n) is 2.90. The van der Waals surface area contributed by atoms with Crippen molar-refractivity contribution in [3.05, 3.63) is 70.8 Å². The summed E-state index contributed by atoms with van der Waals surface area (Å²) in [6.45, 7) is 0.495. The highest BCUT2D eigenvalue weighted by Gasteiger charge is 2.20. The molecule has 0 bridgehead atoms. The molecule has 26 heavy (non-hydrogen) atoms. The Morgan fingerprint density at radius 3 is 2.62 bits per heavy atom. The van der Waals surface area contributed by atoms with Gasteiger partial charge in [0.05, 0.1) is 0 Å². The molecule has 0 saturated heterocycles. The van der Waals surface area contributed by atoms with Crippen LogP contribution in [0.25, 0.3) is 10.9 Å². The van der Waals surface area contributed by atoms with Crippen LogP contribution in [0, 0.1) is 0 Å². The van der Waals surface area contributed by atoms with Crippen molar-refractivity contribution in [2.75, 3.05) is 0 Å². The van der Waals surface area contributed by atoms with E-state index in [4.69, 9.17) is 0 Å². The zero-order valence-electron chi connectivity index (χ0n) is 14.1. The summed E-state index contributed by atoms with van der Waals surface area (Å²) in [4.78, 5) is 23.7. The number of amides is 1. The van der Waals surface area contributed by atoms with E-state index in [1.165, 1.54) is 0 Å². The van der Waals surface area contributed by atoms with Gasteiger partial charge in [-0.15, -0.1) is 0 Å². The summed E-state index contributed by atoms with van der Waals surface area (Å²) in [5.74, 6) is -1.30. The third kappa shape index (κ3) is 4.52. The van der Waals surface area contributed by atoms with E-state index in [1.807, 2.05) is 65.4 Å². The minimum atomic E-state index is -1.03. The van der Waals surface area contributed by atoms with Gasteiger partial charge in [0.2, 0.25) is 5.91 Å². The Kier molecular flexibility index (Phi) is 5.73. The minimum Gasteiger partial charge on any atom is -0.480 e. The molecule has 0 aliphatic carbocycles. The van der Waals surface area contributed by atoms with Gasteiger partial charge in [0.1, 0.15) is 6.04 Å². The highest BCUT2D eigenvalue weighted by atomic mass is 79.9. The van der Waals surface area contributed by atoms with Gasteiger partial charge >= 0.3 is 5.97 Å². The molecular weight excluding hydrogens is 396 g/mol. The van der Waals surface area contributed by atoms with Crippen molar-refractivity contribution in [2.45, 2.75) is 25.4 Å². The molecular formula is C20H19BrN2O3. The lowest BCUT2D eigenvalue weighted by atomic mass is 10.1. The third-order valence-corrected chi connectivity index (χ3v) is 4.72. The van der Waals surface area contributed by atoms with Crippen LogP contribution in [0.3, 0.4) is 0 Å². The van der Waals surface area contributed by atoms with Crippen LogP contribution < -0.4 is 5.32 Å². The molecule has 3 aromatic rings. The van der Waals surface area contributed by atoms with E-state index in [9.17, 15) is 14.7 Å². The Bertz CT molecular complexity index is 921. The first-order valence-electron chi connectivity index (χ1n) is 8.33. The van der Waals surface area contributed by atoms with Gasteiger partial charge in [-0.25, -0.2) is 4.79 Å². The SMILES string of the molecule is O=C(CCn1ccc2cc(Br)ccc21)N[C@H](Cc1ccccc1)C(=O)O. The summed E-state index contributed by atoms with van der Waals surface area (Å²) >= 11 is 3.44. The predicted molar refractivity (Wildman–Crippen MR) is 104 cm³/mol. The maximum Gasteiger partial charge on any atom is 0.326 e. The number of carboxylic acid groups (broad SMARTS) is 1. The number of hydrogen-bond donors (Lipinski definition) is 2. The van der Waals surface area contributed by atoms with Gasteiger partial charge < -0.3 is 15.0 Å². The van der Waals surface area contributed by atoms with Crippen LogP contribution in [0.15, 0.2) is 65.3 Å². The molecule has 0 spiro atoms. The highest BCUT2D eigenvalue weighted by Crippen LogP contribution is 2.21. The normalized spacial score (nSPS) is 12.0. The summed E-state index contributed by atoms with van der Waals surface area (Å²) in [5.41, 5.74) is 1.92. The topological polar surface area (TPSA) is 71.3 Å². The van der Waals surface area contributed by atoms with Gasteiger partial charge in [0.15, 0.2) is 0 Å². The smallest absolute Gasteiger partial charge is 0.326 e. The average Bonchev–Trinajstić information content (AvgIpc) is 3.02. The second-order valence-electron chi connectivity index (χ2n) is 6.11. The molecule has 5 nitrogen and oxygen atoms in total. The van der Waals surface area contributed by atoms with Gasteiger partial charge in [-0.2, -0.15) is 0 Å². The Balaban J connectivity index is 1.60. The van der Waals surface area contributed by atoms with Crippen LogP contribution in [0.1, 0.15) is 12.0 Å². The first kappa shape index (κ1) is 18.2. The molecule has 1 amide bonds. The fraction of sp³-hybridized carbons (Fsp3) is 0.200. The van der Waals surface area contributed by atoms with Crippen molar-refractivity contribution < 1.29 is 14.7 Å². The third-order valence-electron chi connectivity index (χ3n) is 4.23. The molecule has 0 aliphatic heterocycles. The number of nitrogens with zero attached hydrogens (tertiary/aromatic N) is 1. The number of aromatic nitrogens is 1. The maximum atomic E-state index is 12.2. The molecule has 0 unspecified atom stereocenters. The number of halogens is 1. The quantitative estimate of drug-likeness (QED) is 0.620. The Morgan fingerprint density at radius 2 is 1.88 bits per heavy atom. The van der Waals surface area contributed by atoms with E-state index >= 15 is 0 Å². The van der Waals surface area contributed by atoms with Crippen molar-refractivity contribution in [2.24, 2.45) is 0 Å². The van der Waals surface area contributed by atoms with Gasteiger partial charge in [-0.05, 0) is 29.8 Å². The van der Waals surface area contributed by atoms with Crippen molar-refractivity contribution in [3.8, 4) is 0 Å². The molecule has 2 N–H and O–H groups in total. The zero-order chi connectivity index (χ0) is 18.5. The number of aryl methyl sites for hydroxylation is 1. The van der Waals surface area contributed by atoms with Crippen LogP contribution in [-0.2, 0) is 22.6 Å². The summed E-state index contributed by atoms with van der Waals surface area (Å²) in [7, 11) is 0. The lowest BCUT2D eigenvalue weighted by Gasteiger charge is -2.15. The largest absolute Gasteiger partial charge is 0.480 e. The average molecular weight is 415 g/mol. The van der Waals surface area contributed by atoms with E-state index in [-0.39, 0.29) is 18.7 Å². The van der Waals surface area contributed by atoms with Crippen molar-refractivity contribution in [3.63, 3.8) is 0 Å². The van der Waals surface area contributed by atoms with E-state index in [0.717, 1.165) is 20.9 Å². The fourth-order valence-corrected chi connectivity index (χ4v) is 3.28. The molecule has 0 saturated carbocycles. The number of fused-ring (bicyclic) bond motifs is 1. The van der Waals surface area contributed by atoms with Crippen LogP contribution in [0.4, 0.5) is 0 Å². The molecule has 0 fully saturated rings. The predicted octanol–water partition coefficient (Wildman–Crippen LogP) is 3.61. The second-order valence-corrected chi connectivity index (χ2v) is 7.03. The number of hydrogen-bond acceptors (Lipinski definition) is 2. The lowest BCUT2D eigenvalue weighted by molar-refractivity contribution is -0.141. The van der Waals surface area contributed by atoms with Crippen LogP contribution >= 0.6 is 15.9 Å². The van der Waals surface area contributed by atoms with Crippen molar-refractivity contribution >= 4 is 38.7 Å². The second kappa shape index (κ2) is 8.19. The van der Waals surface area contributed by atoms with Crippen molar-refractivity contribution in [1.29, 1.82) is 0 Å². The highest BCUT2D eigenvalue weighted by molar-refractivity contribution is 9.10. The van der Waals surface area contributed by atoms with Gasteiger partial charge in [-0.3, -0.25) is 4.79 Å². The first-order valence-corrected chi connectivity index (χ1v) is 9.13. The van der Waals surface area contributed by atoms with Gasteiger partial charge in [-0.1, -0.05) is 46.3 Å². The number of carboxylic acids is 1. The van der Waals surface area contributed by atoms with E-state index in [2.05, 4.69) is 21.2 Å². The number of benzene rings is 2. The molecule has 3 rings (SSSR count). The molecule has 1 aromatic heterocycles. The number of carbonyl (C=O) groups excluding carboxylic acids is 1. The van der Waals surface area contributed by atoms with Crippen LogP contribution in [-0.4, -0.2) is 27.6 Å². The molecule has 2 aromatic carbocycles. The Labute approximate surface area is 159 Å². The summed E-state index contributed by atoms with van der Waals surface area (Å²) in [6.07, 6.45) is 2.42. The standard InChI is InChI=1S/C20H19BrN2O3/c21-16-6-7-18-15(13-16)8-10-23(18)11-9-19(24)22-17(20(25)26)12-14-4-2-1-3-5-14/h1-8,10,13,17H,9,11-12H2,(H,22,24)(H,25,26)/t17-/m1/s1. The van der Waals surface area contributed by atoms with Crippen LogP contribution in [0.2, 0.25) is 0 Å². The minimum absolute atomic E-state index is 0.221. The Hall–Kier alpha value is -2.60. The lowest BCUT2D eigenvalue weighted by Crippen LogP contribution is -2.42. The molecule has 6 heteroatoms. The first-order chi connectivity index (χ1) is 12.5. The summed E-state index contributed by atoms with van der Waals surface area (Å²) in [5, 5.41) is 13.1. The summed E-state index contributed by atoms with van der Waals surface area (Å²) < 4.78 is 3.00. The van der Waals surface area contributed by atoms with Crippen molar-refractivity contribution in [1.82, 2.24) is 9.88 Å². The molecule has 0 aliphatic rings. The molecule has 0 radical (unpaired) electrons. The Morgan fingerprint density at radius 1 is 1.12 bits per heavy atom. The zero-order valence-corrected chi connectivity index (χ0v) is 15.6. The number of carbonyl (C=O) groups is 2. The molecule has 1 atom stereocenters. The van der Waals surface area contributed by atoms with E-state index in [0.29, 0.717) is 6.54 Å². The monoisotopic (exact) mass is 414 g/mol. The van der Waals surface area contributed by atoms with Crippen LogP contribution in [0.5, 0.6) is 0 Å². The number of nitrogens with one attached hydrogen (secondary N) is 1. The van der Waals surface area contributed by atoms with Gasteiger partial charge in [0.25, 0.3) is 0 Å².